The summed E-state index contributed by atoms with van der Waals surface area (Å²) in [5, 5.41) is 11.7. The number of hydrogen-bond acceptors (Lipinski definition) is 4. The van der Waals surface area contributed by atoms with E-state index in [0.717, 1.165) is 35.4 Å². The van der Waals surface area contributed by atoms with Crippen molar-refractivity contribution < 1.29 is 14.6 Å². The fourth-order valence-corrected chi connectivity index (χ4v) is 3.11. The number of nitrogens with one attached hydrogen (secondary N) is 1. The highest BCUT2D eigenvalue weighted by Crippen LogP contribution is 2.24. The molecule has 3 rings (SSSR count). The molecule has 1 aromatic heterocycles. The van der Waals surface area contributed by atoms with E-state index in [4.69, 9.17) is 16.3 Å². The quantitative estimate of drug-likeness (QED) is 0.843. The summed E-state index contributed by atoms with van der Waals surface area (Å²) in [5.74, 6) is -0.307. The van der Waals surface area contributed by atoms with Gasteiger partial charge in [-0.1, -0.05) is 11.6 Å². The standard InChI is InChI=1S/C17H19ClN2O3/c1-23-17(22)14-10-20(7-5-16(14)21)6-4-11-9-19-15-3-2-12(18)8-13(11)15/h2-3,8-9,19,21H,4-7,10H2,1H3. The molecule has 1 aromatic carbocycles. The van der Waals surface area contributed by atoms with Gasteiger partial charge in [0, 0.05) is 48.2 Å². The second-order valence-electron chi connectivity index (χ2n) is 5.70. The second kappa shape index (κ2) is 6.64. The van der Waals surface area contributed by atoms with Gasteiger partial charge in [0.2, 0.25) is 0 Å². The largest absolute Gasteiger partial charge is 0.512 e. The van der Waals surface area contributed by atoms with Gasteiger partial charge in [0.05, 0.1) is 12.7 Å². The van der Waals surface area contributed by atoms with Gasteiger partial charge in [-0.15, -0.1) is 0 Å². The number of esters is 1. The van der Waals surface area contributed by atoms with Crippen LogP contribution in [0.2, 0.25) is 5.02 Å². The topological polar surface area (TPSA) is 65.6 Å². The average Bonchev–Trinajstić information content (AvgIpc) is 2.95. The summed E-state index contributed by atoms with van der Waals surface area (Å²) in [7, 11) is 1.33. The van der Waals surface area contributed by atoms with Crippen molar-refractivity contribution in [2.24, 2.45) is 0 Å². The minimum atomic E-state index is -0.453. The summed E-state index contributed by atoms with van der Waals surface area (Å²) in [6.45, 7) is 1.95. The first kappa shape index (κ1) is 15.9. The lowest BCUT2D eigenvalue weighted by Crippen LogP contribution is -2.36. The van der Waals surface area contributed by atoms with Crippen LogP contribution in [0, 0.1) is 0 Å². The molecule has 2 N–H and O–H groups in total. The van der Waals surface area contributed by atoms with Gasteiger partial charge in [-0.2, -0.15) is 0 Å². The SMILES string of the molecule is COC(=O)C1=C(O)CCN(CCc2c[nH]c3ccc(Cl)cc23)C1. The summed E-state index contributed by atoms with van der Waals surface area (Å²) in [4.78, 5) is 17.1. The molecule has 0 fully saturated rings. The van der Waals surface area contributed by atoms with Crippen LogP contribution in [0.4, 0.5) is 0 Å². The number of aromatic amines is 1. The number of aromatic nitrogens is 1. The Hall–Kier alpha value is -1.98. The predicted octanol–water partition coefficient (Wildman–Crippen LogP) is 3.05. The number of carbonyl (C=O) groups is 1. The van der Waals surface area contributed by atoms with Crippen LogP contribution in [0.3, 0.4) is 0 Å². The molecule has 0 spiro atoms. The Balaban J connectivity index is 1.69. The van der Waals surface area contributed by atoms with Crippen LogP contribution in [0.15, 0.2) is 35.7 Å². The molecule has 1 aliphatic rings. The molecular formula is C17H19ClN2O3. The maximum atomic E-state index is 11.7. The molecule has 0 bridgehead atoms. The monoisotopic (exact) mass is 334 g/mol. The van der Waals surface area contributed by atoms with E-state index in [0.29, 0.717) is 18.5 Å². The van der Waals surface area contributed by atoms with Crippen LogP contribution in [0.1, 0.15) is 12.0 Å². The van der Waals surface area contributed by atoms with Gasteiger partial charge in [0.25, 0.3) is 0 Å². The Morgan fingerprint density at radius 3 is 3.09 bits per heavy atom. The van der Waals surface area contributed by atoms with E-state index < -0.39 is 5.97 Å². The first-order valence-electron chi connectivity index (χ1n) is 7.55. The minimum absolute atomic E-state index is 0.145. The number of nitrogens with zero attached hydrogens (tertiary/aromatic N) is 1. The first-order valence-corrected chi connectivity index (χ1v) is 7.93. The zero-order valence-electron chi connectivity index (χ0n) is 12.9. The van der Waals surface area contributed by atoms with E-state index in [-0.39, 0.29) is 5.76 Å². The Kier molecular flexibility index (Phi) is 4.59. The van der Waals surface area contributed by atoms with Crippen molar-refractivity contribution >= 4 is 28.5 Å². The molecule has 0 atom stereocenters. The van der Waals surface area contributed by atoms with Gasteiger partial charge < -0.3 is 14.8 Å². The van der Waals surface area contributed by atoms with E-state index in [1.165, 1.54) is 12.7 Å². The highest BCUT2D eigenvalue weighted by atomic mass is 35.5. The maximum Gasteiger partial charge on any atom is 0.338 e. The Labute approximate surface area is 139 Å². The Morgan fingerprint density at radius 2 is 2.30 bits per heavy atom. The molecule has 5 nitrogen and oxygen atoms in total. The van der Waals surface area contributed by atoms with Crippen LogP contribution < -0.4 is 0 Å². The van der Waals surface area contributed by atoms with E-state index >= 15 is 0 Å². The molecule has 0 saturated carbocycles. The van der Waals surface area contributed by atoms with Gasteiger partial charge in [0.1, 0.15) is 5.76 Å². The van der Waals surface area contributed by atoms with Crippen molar-refractivity contribution in [1.29, 1.82) is 0 Å². The molecule has 23 heavy (non-hydrogen) atoms. The molecule has 0 amide bonds. The summed E-state index contributed by atoms with van der Waals surface area (Å²) in [5.41, 5.74) is 2.62. The lowest BCUT2D eigenvalue weighted by Gasteiger charge is -2.27. The van der Waals surface area contributed by atoms with E-state index in [1.54, 1.807) is 0 Å². The third-order valence-corrected chi connectivity index (χ3v) is 4.49. The Morgan fingerprint density at radius 1 is 1.48 bits per heavy atom. The number of methoxy groups -OCH3 is 1. The number of H-pyrrole nitrogens is 1. The number of fused-ring (bicyclic) bond motifs is 1. The predicted molar refractivity (Wildman–Crippen MR) is 89.7 cm³/mol. The van der Waals surface area contributed by atoms with Gasteiger partial charge in [-0.25, -0.2) is 4.79 Å². The van der Waals surface area contributed by atoms with Gasteiger partial charge in [-0.3, -0.25) is 4.90 Å². The number of halogens is 1. The van der Waals surface area contributed by atoms with Crippen LogP contribution >= 0.6 is 11.6 Å². The normalized spacial score (nSPS) is 16.1. The lowest BCUT2D eigenvalue weighted by atomic mass is 10.1. The van der Waals surface area contributed by atoms with Crippen molar-refractivity contribution in [2.45, 2.75) is 12.8 Å². The fraction of sp³-hybridized carbons (Fsp3) is 0.353. The first-order chi connectivity index (χ1) is 11.1. The summed E-state index contributed by atoms with van der Waals surface area (Å²) in [6, 6.07) is 5.80. The molecule has 2 heterocycles. The number of aliphatic hydroxyl groups excluding tert-OH is 1. The number of rotatable bonds is 4. The van der Waals surface area contributed by atoms with Gasteiger partial charge in [-0.05, 0) is 30.2 Å². The summed E-state index contributed by atoms with van der Waals surface area (Å²) < 4.78 is 4.73. The highest BCUT2D eigenvalue weighted by molar-refractivity contribution is 6.31. The van der Waals surface area contributed by atoms with Gasteiger partial charge in [0.15, 0.2) is 0 Å². The molecular weight excluding hydrogens is 316 g/mol. The molecule has 0 saturated heterocycles. The van der Waals surface area contributed by atoms with Crippen LogP contribution in [-0.2, 0) is 16.0 Å². The van der Waals surface area contributed by atoms with Crippen LogP contribution in [-0.4, -0.2) is 47.7 Å². The fourth-order valence-electron chi connectivity index (χ4n) is 2.94. The van der Waals surface area contributed by atoms with E-state index in [2.05, 4.69) is 9.88 Å². The minimum Gasteiger partial charge on any atom is -0.512 e. The molecule has 0 aliphatic carbocycles. The zero-order chi connectivity index (χ0) is 16.4. The molecule has 1 aliphatic heterocycles. The van der Waals surface area contributed by atoms with E-state index in [1.807, 2.05) is 24.4 Å². The second-order valence-corrected chi connectivity index (χ2v) is 6.13. The molecule has 0 radical (unpaired) electrons. The zero-order valence-corrected chi connectivity index (χ0v) is 13.7. The smallest absolute Gasteiger partial charge is 0.338 e. The third-order valence-electron chi connectivity index (χ3n) is 4.25. The number of ether oxygens (including phenoxy) is 1. The van der Waals surface area contributed by atoms with Gasteiger partial charge >= 0.3 is 5.97 Å². The lowest BCUT2D eigenvalue weighted by molar-refractivity contribution is -0.136. The van der Waals surface area contributed by atoms with E-state index in [9.17, 15) is 9.90 Å². The van der Waals surface area contributed by atoms with Crippen molar-refractivity contribution in [3.63, 3.8) is 0 Å². The van der Waals surface area contributed by atoms with Crippen LogP contribution in [0.25, 0.3) is 10.9 Å². The van der Waals surface area contributed by atoms with Crippen LogP contribution in [0.5, 0.6) is 0 Å². The molecule has 2 aromatic rings. The molecule has 0 unspecified atom stereocenters. The van der Waals surface area contributed by atoms with Crippen molar-refractivity contribution in [3.8, 4) is 0 Å². The molecule has 6 heteroatoms. The number of aliphatic hydroxyl groups is 1. The highest BCUT2D eigenvalue weighted by Gasteiger charge is 2.24. The number of carbonyl (C=O) groups excluding carboxylic acids is 1. The van der Waals surface area contributed by atoms with Crippen molar-refractivity contribution in [2.75, 3.05) is 26.7 Å². The summed E-state index contributed by atoms with van der Waals surface area (Å²) >= 11 is 6.07. The molecule has 122 valence electrons. The third kappa shape index (κ3) is 3.35. The maximum absolute atomic E-state index is 11.7. The summed E-state index contributed by atoms with van der Waals surface area (Å²) in [6.07, 6.45) is 3.32. The number of benzene rings is 1. The average molecular weight is 335 g/mol. The number of hydrogen-bond donors (Lipinski definition) is 2. The Bertz CT molecular complexity index is 766. The van der Waals surface area contributed by atoms with Crippen molar-refractivity contribution in [3.05, 3.63) is 46.3 Å². The van der Waals surface area contributed by atoms with Crippen molar-refractivity contribution in [1.82, 2.24) is 9.88 Å².